The lowest BCUT2D eigenvalue weighted by Crippen LogP contribution is -2.22. The first-order valence-corrected chi connectivity index (χ1v) is 7.93. The SMILES string of the molecule is Cc1nn(-c2ccc(C(=O)NCc3ccncc3)cc2)c(C)c1Cl. The fraction of sp³-hybridized carbons (Fsp3) is 0.167. The molecule has 0 spiro atoms. The molecule has 0 unspecified atom stereocenters. The Kier molecular flexibility index (Phi) is 4.62. The molecule has 0 bridgehead atoms. The Bertz CT molecular complexity index is 857. The average molecular weight is 341 g/mol. The summed E-state index contributed by atoms with van der Waals surface area (Å²) >= 11 is 6.18. The van der Waals surface area contributed by atoms with Gasteiger partial charge in [-0.2, -0.15) is 5.10 Å². The number of aromatic nitrogens is 3. The van der Waals surface area contributed by atoms with Gasteiger partial charge in [0.05, 0.1) is 22.1 Å². The Labute approximate surface area is 145 Å². The second-order valence-corrected chi connectivity index (χ2v) is 5.86. The Morgan fingerprint density at radius 2 is 1.79 bits per heavy atom. The maximum atomic E-state index is 12.2. The Morgan fingerprint density at radius 3 is 2.38 bits per heavy atom. The van der Waals surface area contributed by atoms with Gasteiger partial charge in [-0.1, -0.05) is 11.6 Å². The molecule has 0 radical (unpaired) electrons. The lowest BCUT2D eigenvalue weighted by Gasteiger charge is -2.07. The monoisotopic (exact) mass is 340 g/mol. The fourth-order valence-corrected chi connectivity index (χ4v) is 2.53. The van der Waals surface area contributed by atoms with Crippen LogP contribution in [0.2, 0.25) is 5.02 Å². The topological polar surface area (TPSA) is 59.8 Å². The van der Waals surface area contributed by atoms with Gasteiger partial charge in [0.15, 0.2) is 0 Å². The minimum absolute atomic E-state index is 0.121. The standard InChI is InChI=1S/C18H17ClN4O/c1-12-17(19)13(2)23(22-12)16-5-3-15(4-6-16)18(24)21-11-14-7-9-20-10-8-14/h3-10H,11H2,1-2H3,(H,21,24). The highest BCUT2D eigenvalue weighted by molar-refractivity contribution is 6.31. The third kappa shape index (κ3) is 3.31. The van der Waals surface area contributed by atoms with E-state index in [-0.39, 0.29) is 5.91 Å². The van der Waals surface area contributed by atoms with Crippen molar-refractivity contribution >= 4 is 17.5 Å². The number of carbonyl (C=O) groups is 1. The number of pyridine rings is 1. The van der Waals surface area contributed by atoms with Crippen molar-refractivity contribution in [2.24, 2.45) is 0 Å². The Hall–Kier alpha value is -2.66. The summed E-state index contributed by atoms with van der Waals surface area (Å²) in [5, 5.41) is 7.96. The van der Waals surface area contributed by atoms with Gasteiger partial charge in [0.2, 0.25) is 0 Å². The van der Waals surface area contributed by atoms with Crippen molar-refractivity contribution in [3.8, 4) is 5.69 Å². The van der Waals surface area contributed by atoms with Gasteiger partial charge in [0.25, 0.3) is 5.91 Å². The summed E-state index contributed by atoms with van der Waals surface area (Å²) in [6.07, 6.45) is 3.41. The van der Waals surface area contributed by atoms with Gasteiger partial charge in [-0.25, -0.2) is 4.68 Å². The van der Waals surface area contributed by atoms with Crippen LogP contribution < -0.4 is 5.32 Å². The van der Waals surface area contributed by atoms with Crippen LogP contribution in [0.15, 0.2) is 48.8 Å². The van der Waals surface area contributed by atoms with E-state index in [1.807, 2.05) is 38.1 Å². The van der Waals surface area contributed by atoms with Crippen LogP contribution in [-0.4, -0.2) is 20.7 Å². The van der Waals surface area contributed by atoms with Crippen molar-refractivity contribution < 1.29 is 4.79 Å². The predicted octanol–water partition coefficient (Wildman–Crippen LogP) is 3.47. The van der Waals surface area contributed by atoms with Crippen LogP contribution in [0.5, 0.6) is 0 Å². The molecule has 6 heteroatoms. The zero-order valence-corrected chi connectivity index (χ0v) is 14.2. The molecular weight excluding hydrogens is 324 g/mol. The summed E-state index contributed by atoms with van der Waals surface area (Å²) in [6, 6.07) is 11.0. The third-order valence-electron chi connectivity index (χ3n) is 3.78. The van der Waals surface area contributed by atoms with Crippen LogP contribution in [0.25, 0.3) is 5.69 Å². The molecule has 5 nitrogen and oxygen atoms in total. The maximum absolute atomic E-state index is 12.2. The highest BCUT2D eigenvalue weighted by Crippen LogP contribution is 2.22. The van der Waals surface area contributed by atoms with Crippen LogP contribution in [-0.2, 0) is 6.54 Å². The van der Waals surface area contributed by atoms with Crippen molar-refractivity contribution in [3.05, 3.63) is 76.3 Å². The summed E-state index contributed by atoms with van der Waals surface area (Å²) in [4.78, 5) is 16.2. The first-order valence-electron chi connectivity index (χ1n) is 7.55. The molecule has 0 saturated carbocycles. The van der Waals surface area contributed by atoms with E-state index in [9.17, 15) is 4.79 Å². The van der Waals surface area contributed by atoms with E-state index in [1.165, 1.54) is 0 Å². The van der Waals surface area contributed by atoms with Crippen LogP contribution in [0.1, 0.15) is 27.3 Å². The number of halogens is 1. The average Bonchev–Trinajstić information content (AvgIpc) is 2.88. The van der Waals surface area contributed by atoms with E-state index in [0.29, 0.717) is 17.1 Å². The molecule has 2 heterocycles. The summed E-state index contributed by atoms with van der Waals surface area (Å²) in [7, 11) is 0. The van der Waals surface area contributed by atoms with E-state index in [1.54, 1.807) is 29.2 Å². The number of hydrogen-bond donors (Lipinski definition) is 1. The number of hydrogen-bond acceptors (Lipinski definition) is 3. The second kappa shape index (κ2) is 6.84. The van der Waals surface area contributed by atoms with Gasteiger partial charge < -0.3 is 5.32 Å². The molecule has 0 saturated heterocycles. The van der Waals surface area contributed by atoms with E-state index >= 15 is 0 Å². The van der Waals surface area contributed by atoms with E-state index in [4.69, 9.17) is 11.6 Å². The van der Waals surface area contributed by atoms with Gasteiger partial charge >= 0.3 is 0 Å². The molecule has 0 aliphatic heterocycles. The largest absolute Gasteiger partial charge is 0.348 e. The molecule has 2 aromatic heterocycles. The van der Waals surface area contributed by atoms with Crippen molar-refractivity contribution in [3.63, 3.8) is 0 Å². The van der Waals surface area contributed by atoms with Gasteiger partial charge in [-0.3, -0.25) is 9.78 Å². The third-order valence-corrected chi connectivity index (χ3v) is 4.33. The van der Waals surface area contributed by atoms with E-state index in [0.717, 1.165) is 22.6 Å². The Balaban J connectivity index is 1.72. The van der Waals surface area contributed by atoms with Crippen molar-refractivity contribution in [1.29, 1.82) is 0 Å². The minimum Gasteiger partial charge on any atom is -0.348 e. The lowest BCUT2D eigenvalue weighted by atomic mass is 10.2. The predicted molar refractivity (Wildman–Crippen MR) is 93.5 cm³/mol. The molecule has 0 fully saturated rings. The number of amides is 1. The molecule has 24 heavy (non-hydrogen) atoms. The van der Waals surface area contributed by atoms with Crippen molar-refractivity contribution in [2.45, 2.75) is 20.4 Å². The summed E-state index contributed by atoms with van der Waals surface area (Å²) in [5.41, 5.74) is 4.14. The molecule has 1 amide bonds. The smallest absolute Gasteiger partial charge is 0.251 e. The lowest BCUT2D eigenvalue weighted by molar-refractivity contribution is 0.0951. The highest BCUT2D eigenvalue weighted by atomic mass is 35.5. The fourth-order valence-electron chi connectivity index (χ4n) is 2.41. The molecule has 3 aromatic rings. The minimum atomic E-state index is -0.121. The normalized spacial score (nSPS) is 10.6. The second-order valence-electron chi connectivity index (χ2n) is 5.48. The molecule has 1 N–H and O–H groups in total. The zero-order chi connectivity index (χ0) is 17.1. The first-order chi connectivity index (χ1) is 11.6. The molecule has 122 valence electrons. The molecule has 3 rings (SSSR count). The number of nitrogens with one attached hydrogen (secondary N) is 1. The number of carbonyl (C=O) groups excluding carboxylic acids is 1. The van der Waals surface area contributed by atoms with Crippen LogP contribution in [0.3, 0.4) is 0 Å². The van der Waals surface area contributed by atoms with E-state index < -0.39 is 0 Å². The quantitative estimate of drug-likeness (QED) is 0.791. The maximum Gasteiger partial charge on any atom is 0.251 e. The number of aryl methyl sites for hydroxylation is 1. The molecule has 1 aromatic carbocycles. The van der Waals surface area contributed by atoms with Gasteiger partial charge in [-0.05, 0) is 55.8 Å². The number of benzene rings is 1. The number of nitrogens with zero attached hydrogens (tertiary/aromatic N) is 3. The van der Waals surface area contributed by atoms with Crippen LogP contribution >= 0.6 is 11.6 Å². The van der Waals surface area contributed by atoms with Crippen LogP contribution in [0, 0.1) is 13.8 Å². The first kappa shape index (κ1) is 16.2. The highest BCUT2D eigenvalue weighted by Gasteiger charge is 2.11. The van der Waals surface area contributed by atoms with Crippen molar-refractivity contribution in [2.75, 3.05) is 0 Å². The van der Waals surface area contributed by atoms with Gasteiger partial charge in [-0.15, -0.1) is 0 Å². The van der Waals surface area contributed by atoms with Crippen LogP contribution in [0.4, 0.5) is 0 Å². The summed E-state index contributed by atoms with van der Waals surface area (Å²) < 4.78 is 1.77. The summed E-state index contributed by atoms with van der Waals surface area (Å²) in [5.74, 6) is -0.121. The molecular formula is C18H17ClN4O. The van der Waals surface area contributed by atoms with Crippen molar-refractivity contribution in [1.82, 2.24) is 20.1 Å². The molecule has 0 atom stereocenters. The van der Waals surface area contributed by atoms with Gasteiger partial charge in [0.1, 0.15) is 0 Å². The Morgan fingerprint density at radius 1 is 1.12 bits per heavy atom. The molecule has 0 aliphatic rings. The number of rotatable bonds is 4. The zero-order valence-electron chi connectivity index (χ0n) is 13.5. The summed E-state index contributed by atoms with van der Waals surface area (Å²) in [6.45, 7) is 4.25. The van der Waals surface area contributed by atoms with Gasteiger partial charge in [0, 0.05) is 24.5 Å². The molecule has 0 aliphatic carbocycles. The van der Waals surface area contributed by atoms with E-state index in [2.05, 4.69) is 15.4 Å².